The van der Waals surface area contributed by atoms with Gasteiger partial charge in [-0.05, 0) is 122 Å². The Morgan fingerprint density at radius 3 is 0.976 bits per heavy atom. The molecular weight excluding hydrogens is 995 g/mol. The quantitative estimate of drug-likeness (QED) is 0.160. The molecule has 9 aromatic carbocycles. The highest BCUT2D eigenvalue weighted by atomic mass is 15.0. The number of pyridine rings is 1. The first kappa shape index (κ1) is 53.4. The lowest BCUT2D eigenvalue weighted by Crippen LogP contribution is -2.10. The summed E-state index contributed by atoms with van der Waals surface area (Å²) in [6.07, 6.45) is 0. The molecule has 82 heavy (non-hydrogen) atoms. The van der Waals surface area contributed by atoms with Crippen molar-refractivity contribution in [3.05, 3.63) is 234 Å². The summed E-state index contributed by atoms with van der Waals surface area (Å²) in [7, 11) is 0. The van der Waals surface area contributed by atoms with Gasteiger partial charge in [0.1, 0.15) is 12.1 Å². The fourth-order valence-electron chi connectivity index (χ4n) is 12.1. The third kappa shape index (κ3) is 9.16. The van der Waals surface area contributed by atoms with Gasteiger partial charge in [-0.3, -0.25) is 0 Å². The zero-order valence-electron chi connectivity index (χ0n) is 49.3. The van der Waals surface area contributed by atoms with Crippen LogP contribution in [0.15, 0.2) is 200 Å². The summed E-state index contributed by atoms with van der Waals surface area (Å²) in [6.45, 7) is 27.4. The molecular formula is C77H69N5. The summed E-state index contributed by atoms with van der Waals surface area (Å²) in [6, 6.07) is 77.1. The number of hydrogen-bond donors (Lipinski definition) is 0. The third-order valence-corrected chi connectivity index (χ3v) is 16.7. The van der Waals surface area contributed by atoms with Gasteiger partial charge in [-0.2, -0.15) is 10.5 Å². The van der Waals surface area contributed by atoms with Crippen LogP contribution in [0.5, 0.6) is 0 Å². The van der Waals surface area contributed by atoms with E-state index in [2.05, 4.69) is 286 Å². The molecule has 12 aromatic rings. The number of hydrogen-bond acceptors (Lipinski definition) is 3. The lowest BCUT2D eigenvalue weighted by molar-refractivity contribution is 0.590. The van der Waals surface area contributed by atoms with E-state index in [1.165, 1.54) is 43.8 Å². The zero-order valence-corrected chi connectivity index (χ0v) is 49.3. The highest BCUT2D eigenvalue weighted by Crippen LogP contribution is 2.53. The van der Waals surface area contributed by atoms with Crippen LogP contribution in [0.4, 0.5) is 0 Å². The van der Waals surface area contributed by atoms with E-state index in [9.17, 15) is 10.5 Å². The Morgan fingerprint density at radius 2 is 0.646 bits per heavy atom. The molecule has 5 heteroatoms. The average molecular weight is 1060 g/mol. The molecule has 0 aliphatic carbocycles. The van der Waals surface area contributed by atoms with Gasteiger partial charge < -0.3 is 9.13 Å². The summed E-state index contributed by atoms with van der Waals surface area (Å²) in [5, 5.41) is 26.3. The second-order valence-electron chi connectivity index (χ2n) is 26.3. The SMILES string of the molecule is CC(C)(C)c1ccc2c(c1)c1cc(C(C)(C)C)ccc1n2-c1ccccc1-c1c(-c2ccccc2)nc(-c2ccccc2)c(-c2ccccc2-n2c3ccc(C(C)(C)C)cc3c3cc(C(C)(C)C)ccc32)c1-c1ccc(C#N)c(C#N)c1. The third-order valence-electron chi connectivity index (χ3n) is 16.7. The van der Waals surface area contributed by atoms with Gasteiger partial charge in [0.15, 0.2) is 0 Å². The molecule has 0 spiro atoms. The van der Waals surface area contributed by atoms with E-state index in [0.717, 1.165) is 89.3 Å². The standard InChI is InChI=1S/C77H69N5/c1-74(2,3)53-33-37-65-59(42-53)60-43-54(75(4,5)6)34-38-66(60)81(65)63-29-21-19-27-57(63)70-69(50-31-32-51(46-78)52(41-50)47-79)71(73(49-25-17-14-18-26-49)80-72(70)48-23-15-13-16-24-48)58-28-20-22-30-64(58)82-67-39-35-55(76(7,8)9)44-61(67)62-45-56(77(10,11)12)36-40-68(62)82/h13-45H,1-12H3. The van der Waals surface area contributed by atoms with E-state index in [4.69, 9.17) is 4.98 Å². The number of fused-ring (bicyclic) bond motifs is 6. The largest absolute Gasteiger partial charge is 0.309 e. The number of aromatic nitrogens is 3. The second kappa shape index (κ2) is 19.8. The van der Waals surface area contributed by atoms with Crippen LogP contribution in [0.3, 0.4) is 0 Å². The molecule has 5 nitrogen and oxygen atoms in total. The summed E-state index contributed by atoms with van der Waals surface area (Å²) in [5.74, 6) is 0. The summed E-state index contributed by atoms with van der Waals surface area (Å²) in [5.41, 5.74) is 20.7. The summed E-state index contributed by atoms with van der Waals surface area (Å²) in [4.78, 5) is 6.04. The van der Waals surface area contributed by atoms with Crippen LogP contribution in [0.2, 0.25) is 0 Å². The predicted molar refractivity (Wildman–Crippen MR) is 344 cm³/mol. The summed E-state index contributed by atoms with van der Waals surface area (Å²) < 4.78 is 4.90. The average Bonchev–Trinajstić information content (AvgIpc) is 4.07. The molecule has 3 aromatic heterocycles. The monoisotopic (exact) mass is 1060 g/mol. The number of benzene rings is 9. The Kier molecular flexibility index (Phi) is 12.9. The molecule has 0 amide bonds. The van der Waals surface area contributed by atoms with Crippen LogP contribution in [0.1, 0.15) is 116 Å². The topological polar surface area (TPSA) is 70.3 Å². The fourth-order valence-corrected chi connectivity index (χ4v) is 12.1. The Labute approximate surface area is 483 Å². The van der Waals surface area contributed by atoms with Gasteiger partial charge in [0.2, 0.25) is 0 Å². The van der Waals surface area contributed by atoms with Gasteiger partial charge in [-0.15, -0.1) is 0 Å². The molecule has 0 saturated heterocycles. The van der Waals surface area contributed by atoms with Crippen LogP contribution >= 0.6 is 0 Å². The molecule has 0 bridgehead atoms. The van der Waals surface area contributed by atoms with Gasteiger partial charge in [0, 0.05) is 60.5 Å². The Morgan fingerprint density at radius 1 is 0.317 bits per heavy atom. The van der Waals surface area contributed by atoms with E-state index < -0.39 is 0 Å². The minimum absolute atomic E-state index is 0.0756. The molecule has 0 aliphatic heterocycles. The van der Waals surface area contributed by atoms with Crippen molar-refractivity contribution in [3.8, 4) is 79.4 Å². The lowest BCUT2D eigenvalue weighted by atomic mass is 9.82. The van der Waals surface area contributed by atoms with Crippen molar-refractivity contribution in [1.82, 2.24) is 14.1 Å². The molecule has 3 heterocycles. The molecule has 12 rings (SSSR count). The molecule has 0 radical (unpaired) electrons. The second-order valence-corrected chi connectivity index (χ2v) is 26.3. The van der Waals surface area contributed by atoms with Gasteiger partial charge >= 0.3 is 0 Å². The van der Waals surface area contributed by atoms with Crippen molar-refractivity contribution in [3.63, 3.8) is 0 Å². The van der Waals surface area contributed by atoms with Gasteiger partial charge in [-0.1, -0.05) is 210 Å². The molecule has 0 N–H and O–H groups in total. The van der Waals surface area contributed by atoms with Crippen molar-refractivity contribution in [1.29, 1.82) is 10.5 Å². The molecule has 0 fully saturated rings. The van der Waals surface area contributed by atoms with Crippen molar-refractivity contribution in [2.45, 2.75) is 105 Å². The van der Waals surface area contributed by atoms with Crippen LogP contribution in [0.25, 0.3) is 111 Å². The van der Waals surface area contributed by atoms with Gasteiger partial charge in [0.25, 0.3) is 0 Å². The smallest absolute Gasteiger partial charge is 0.101 e. The van der Waals surface area contributed by atoms with Crippen LogP contribution in [-0.2, 0) is 21.7 Å². The maximum atomic E-state index is 11.0. The number of rotatable bonds is 7. The minimum atomic E-state index is -0.0756. The maximum Gasteiger partial charge on any atom is 0.101 e. The van der Waals surface area contributed by atoms with Crippen LogP contribution in [0, 0.1) is 22.7 Å². The van der Waals surface area contributed by atoms with E-state index in [0.29, 0.717) is 11.1 Å². The molecule has 0 aliphatic rings. The first-order valence-corrected chi connectivity index (χ1v) is 28.7. The van der Waals surface area contributed by atoms with Crippen molar-refractivity contribution >= 4 is 43.6 Å². The zero-order chi connectivity index (χ0) is 57.6. The highest BCUT2D eigenvalue weighted by Gasteiger charge is 2.31. The molecule has 0 unspecified atom stereocenters. The van der Waals surface area contributed by atoms with E-state index in [-0.39, 0.29) is 21.7 Å². The Balaban J connectivity index is 1.29. The number of nitriles is 2. The molecule has 402 valence electrons. The van der Waals surface area contributed by atoms with Gasteiger partial charge in [0.05, 0.1) is 56.0 Å². The van der Waals surface area contributed by atoms with Crippen molar-refractivity contribution < 1.29 is 0 Å². The Hall–Kier alpha value is -9.29. The number of nitrogens with zero attached hydrogens (tertiary/aromatic N) is 5. The molecule has 0 atom stereocenters. The van der Waals surface area contributed by atoms with Crippen molar-refractivity contribution in [2.24, 2.45) is 0 Å². The minimum Gasteiger partial charge on any atom is -0.309 e. The lowest BCUT2D eigenvalue weighted by Gasteiger charge is -2.26. The molecule has 0 saturated carbocycles. The van der Waals surface area contributed by atoms with E-state index in [1.54, 1.807) is 0 Å². The van der Waals surface area contributed by atoms with Crippen molar-refractivity contribution in [2.75, 3.05) is 0 Å². The fraction of sp³-hybridized carbons (Fsp3) is 0.208. The van der Waals surface area contributed by atoms with Gasteiger partial charge in [-0.25, -0.2) is 4.98 Å². The number of para-hydroxylation sites is 2. The van der Waals surface area contributed by atoms with Crippen LogP contribution in [-0.4, -0.2) is 14.1 Å². The summed E-state index contributed by atoms with van der Waals surface area (Å²) >= 11 is 0. The maximum absolute atomic E-state index is 11.0. The Bertz CT molecular complexity index is 4200. The van der Waals surface area contributed by atoms with E-state index in [1.807, 2.05) is 18.2 Å². The highest BCUT2D eigenvalue weighted by molar-refractivity contribution is 6.14. The first-order chi connectivity index (χ1) is 39.1. The normalized spacial score (nSPS) is 12.4. The van der Waals surface area contributed by atoms with E-state index >= 15 is 0 Å². The predicted octanol–water partition coefficient (Wildman–Crippen LogP) is 20.5. The van der Waals surface area contributed by atoms with Crippen LogP contribution < -0.4 is 0 Å². The first-order valence-electron chi connectivity index (χ1n) is 28.7.